The normalized spacial score (nSPS) is 11.1. The Balaban J connectivity index is 2.37. The van der Waals surface area contributed by atoms with Gasteiger partial charge in [0.25, 0.3) is 0 Å². The molecule has 3 rings (SSSR count). The maximum Gasteiger partial charge on any atom is 0.227 e. The molecule has 0 amide bonds. The lowest BCUT2D eigenvalue weighted by atomic mass is 10.1. The van der Waals surface area contributed by atoms with Crippen molar-refractivity contribution in [3.63, 3.8) is 0 Å². The van der Waals surface area contributed by atoms with Crippen molar-refractivity contribution in [1.29, 1.82) is 0 Å². The van der Waals surface area contributed by atoms with Gasteiger partial charge in [-0.05, 0) is 19.1 Å². The van der Waals surface area contributed by atoms with Crippen LogP contribution in [0.4, 0.5) is 16.2 Å². The molecule has 2 N–H and O–H groups in total. The quantitative estimate of drug-likeness (QED) is 0.803. The summed E-state index contributed by atoms with van der Waals surface area (Å²) in [5.41, 5.74) is 7.38. The highest BCUT2D eigenvalue weighted by Gasteiger charge is 2.19. The molecule has 7 heteroatoms. The van der Waals surface area contributed by atoms with Gasteiger partial charge in [-0.25, -0.2) is 9.37 Å². The molecule has 0 aliphatic carbocycles. The molecule has 2 heterocycles. The van der Waals surface area contributed by atoms with Crippen molar-refractivity contribution in [3.8, 4) is 11.3 Å². The lowest BCUT2D eigenvalue weighted by Gasteiger charge is -2.15. The van der Waals surface area contributed by atoms with Gasteiger partial charge in [-0.1, -0.05) is 12.1 Å². The zero-order valence-electron chi connectivity index (χ0n) is 12.7. The van der Waals surface area contributed by atoms with Crippen LogP contribution in [0, 0.1) is 5.82 Å². The molecule has 22 heavy (non-hydrogen) atoms. The summed E-state index contributed by atoms with van der Waals surface area (Å²) in [5, 5.41) is 4.87. The highest BCUT2D eigenvalue weighted by molar-refractivity contribution is 5.99. The zero-order chi connectivity index (χ0) is 15.9. The zero-order valence-corrected chi connectivity index (χ0v) is 12.7. The summed E-state index contributed by atoms with van der Waals surface area (Å²) < 4.78 is 15.7. The molecule has 2 aromatic heterocycles. The van der Waals surface area contributed by atoms with Crippen molar-refractivity contribution >= 4 is 22.8 Å². The number of aryl methyl sites for hydroxylation is 1. The van der Waals surface area contributed by atoms with E-state index in [2.05, 4.69) is 15.1 Å². The molecule has 0 radical (unpaired) electrons. The molecule has 0 saturated carbocycles. The molecule has 0 aliphatic rings. The van der Waals surface area contributed by atoms with Gasteiger partial charge in [0.05, 0.1) is 11.1 Å². The summed E-state index contributed by atoms with van der Waals surface area (Å²) in [6.45, 7) is 2.72. The van der Waals surface area contributed by atoms with E-state index in [0.717, 1.165) is 6.54 Å². The maximum absolute atomic E-state index is 14.2. The molecule has 0 unspecified atom stereocenters. The van der Waals surface area contributed by atoms with Crippen molar-refractivity contribution in [3.05, 3.63) is 30.1 Å². The van der Waals surface area contributed by atoms with Crippen molar-refractivity contribution in [2.75, 3.05) is 24.2 Å². The van der Waals surface area contributed by atoms with E-state index in [9.17, 15) is 4.39 Å². The predicted molar refractivity (Wildman–Crippen MR) is 85.1 cm³/mol. The summed E-state index contributed by atoms with van der Waals surface area (Å²) in [6.07, 6.45) is 0. The van der Waals surface area contributed by atoms with Gasteiger partial charge in [0.15, 0.2) is 5.65 Å². The second-order valence-electron chi connectivity index (χ2n) is 5.07. The van der Waals surface area contributed by atoms with Gasteiger partial charge in [0, 0.05) is 26.2 Å². The van der Waals surface area contributed by atoms with Crippen LogP contribution in [-0.2, 0) is 7.05 Å². The minimum Gasteiger partial charge on any atom is -0.383 e. The Bertz CT molecular complexity index is 841. The van der Waals surface area contributed by atoms with E-state index in [1.807, 2.05) is 18.9 Å². The van der Waals surface area contributed by atoms with Crippen LogP contribution in [-0.4, -0.2) is 33.3 Å². The van der Waals surface area contributed by atoms with Gasteiger partial charge in [-0.2, -0.15) is 10.1 Å². The van der Waals surface area contributed by atoms with Gasteiger partial charge in [0.2, 0.25) is 5.95 Å². The molecule has 0 saturated heterocycles. The van der Waals surface area contributed by atoms with Crippen LogP contribution in [0.3, 0.4) is 0 Å². The number of rotatable bonds is 3. The van der Waals surface area contributed by atoms with Crippen LogP contribution in [0.5, 0.6) is 0 Å². The topological polar surface area (TPSA) is 72.9 Å². The monoisotopic (exact) mass is 300 g/mol. The summed E-state index contributed by atoms with van der Waals surface area (Å²) in [5.74, 6) is 0.557. The minimum absolute atomic E-state index is 0.351. The third kappa shape index (κ3) is 2.14. The van der Waals surface area contributed by atoms with Crippen molar-refractivity contribution < 1.29 is 4.39 Å². The van der Waals surface area contributed by atoms with Crippen LogP contribution < -0.4 is 10.6 Å². The van der Waals surface area contributed by atoms with Crippen LogP contribution in [0.2, 0.25) is 0 Å². The number of anilines is 2. The SMILES string of the molecule is CCN(C)c1nc(-c2ccccc2F)c2c(N)n(C)nc2n1. The highest BCUT2D eigenvalue weighted by atomic mass is 19.1. The first kappa shape index (κ1) is 14.2. The number of hydrogen-bond donors (Lipinski definition) is 1. The first-order valence-electron chi connectivity index (χ1n) is 6.99. The van der Waals surface area contributed by atoms with Gasteiger partial charge in [-0.3, -0.25) is 4.68 Å². The van der Waals surface area contributed by atoms with Gasteiger partial charge >= 0.3 is 0 Å². The molecule has 0 spiro atoms. The number of halogens is 1. The molecule has 0 fully saturated rings. The van der Waals surface area contributed by atoms with Gasteiger partial charge in [0.1, 0.15) is 11.6 Å². The lowest BCUT2D eigenvalue weighted by molar-refractivity contribution is 0.631. The largest absolute Gasteiger partial charge is 0.383 e. The van der Waals surface area contributed by atoms with Gasteiger partial charge < -0.3 is 10.6 Å². The van der Waals surface area contributed by atoms with Crippen molar-refractivity contribution in [2.24, 2.45) is 7.05 Å². The standard InChI is InChI=1S/C15H17FN6/c1-4-21(2)15-18-12(9-7-5-6-8-10(9)16)11-13(17)22(3)20-14(11)19-15/h5-8H,4,17H2,1-3H3. The Morgan fingerprint density at radius 1 is 1.27 bits per heavy atom. The number of fused-ring (bicyclic) bond motifs is 1. The highest BCUT2D eigenvalue weighted by Crippen LogP contribution is 2.32. The van der Waals surface area contributed by atoms with E-state index in [-0.39, 0.29) is 5.82 Å². The van der Waals surface area contributed by atoms with E-state index < -0.39 is 0 Å². The predicted octanol–water partition coefficient (Wildman–Crippen LogP) is 2.21. The summed E-state index contributed by atoms with van der Waals surface area (Å²) in [7, 11) is 3.60. The molecule has 0 bridgehead atoms. The van der Waals surface area contributed by atoms with Crippen molar-refractivity contribution in [1.82, 2.24) is 19.7 Å². The number of aromatic nitrogens is 4. The van der Waals surface area contributed by atoms with E-state index in [4.69, 9.17) is 5.73 Å². The minimum atomic E-state index is -0.351. The van der Waals surface area contributed by atoms with E-state index in [1.165, 1.54) is 10.7 Å². The smallest absolute Gasteiger partial charge is 0.227 e. The van der Waals surface area contributed by atoms with Crippen molar-refractivity contribution in [2.45, 2.75) is 6.92 Å². The fraction of sp³-hybridized carbons (Fsp3) is 0.267. The average Bonchev–Trinajstić information content (AvgIpc) is 2.81. The molecule has 3 aromatic rings. The van der Waals surface area contributed by atoms with Gasteiger partial charge in [-0.15, -0.1) is 0 Å². The molecule has 0 aliphatic heterocycles. The lowest BCUT2D eigenvalue weighted by Crippen LogP contribution is -2.19. The Labute approximate surface area is 127 Å². The molecular weight excluding hydrogens is 283 g/mol. The fourth-order valence-corrected chi connectivity index (χ4v) is 2.26. The number of nitrogens with zero attached hydrogens (tertiary/aromatic N) is 5. The Hall–Kier alpha value is -2.70. The van der Waals surface area contributed by atoms with E-state index in [1.54, 1.807) is 25.2 Å². The Kier molecular flexibility index (Phi) is 3.40. The fourth-order valence-electron chi connectivity index (χ4n) is 2.26. The molecule has 1 aromatic carbocycles. The maximum atomic E-state index is 14.2. The second kappa shape index (κ2) is 5.25. The van der Waals surface area contributed by atoms with Crippen LogP contribution >= 0.6 is 0 Å². The summed E-state index contributed by atoms with van der Waals surface area (Å²) in [6, 6.07) is 6.49. The first-order chi connectivity index (χ1) is 10.5. The molecule has 0 atom stereocenters. The molecular formula is C15H17FN6. The number of nitrogen functional groups attached to an aromatic ring is 1. The third-order valence-corrected chi connectivity index (χ3v) is 3.67. The summed E-state index contributed by atoms with van der Waals surface area (Å²) in [4.78, 5) is 10.8. The van der Waals surface area contributed by atoms with E-state index in [0.29, 0.717) is 34.1 Å². The van der Waals surface area contributed by atoms with Crippen LogP contribution in [0.25, 0.3) is 22.3 Å². The molecule has 6 nitrogen and oxygen atoms in total. The molecule has 114 valence electrons. The summed E-state index contributed by atoms with van der Waals surface area (Å²) >= 11 is 0. The van der Waals surface area contributed by atoms with E-state index >= 15 is 0 Å². The number of benzene rings is 1. The first-order valence-corrected chi connectivity index (χ1v) is 6.99. The number of hydrogen-bond acceptors (Lipinski definition) is 5. The number of nitrogens with two attached hydrogens (primary N) is 1. The second-order valence-corrected chi connectivity index (χ2v) is 5.07. The van der Waals surface area contributed by atoms with Crippen LogP contribution in [0.1, 0.15) is 6.92 Å². The Morgan fingerprint density at radius 2 is 2.00 bits per heavy atom. The average molecular weight is 300 g/mol. The third-order valence-electron chi connectivity index (χ3n) is 3.67. The van der Waals surface area contributed by atoms with Crippen LogP contribution in [0.15, 0.2) is 24.3 Å². The Morgan fingerprint density at radius 3 is 2.68 bits per heavy atom.